The molecule has 17 heavy (non-hydrogen) atoms. The number of benzene rings is 1. The number of aldehydes is 1. The first-order valence-electron chi connectivity index (χ1n) is 4.70. The number of hydrogen-bond donors (Lipinski definition) is 0. The highest BCUT2D eigenvalue weighted by Crippen LogP contribution is 2.22. The Morgan fingerprint density at radius 1 is 1.41 bits per heavy atom. The molecule has 1 aromatic carbocycles. The summed E-state index contributed by atoms with van der Waals surface area (Å²) in [6, 6.07) is 2.44. The van der Waals surface area contributed by atoms with Crippen molar-refractivity contribution in [2.45, 2.75) is 6.92 Å². The lowest BCUT2D eigenvalue weighted by Gasteiger charge is -2.01. The summed E-state index contributed by atoms with van der Waals surface area (Å²) in [5, 5.41) is 10.8. The third-order valence-electron chi connectivity index (χ3n) is 2.42. The fourth-order valence-corrected chi connectivity index (χ4v) is 1.63. The van der Waals surface area contributed by atoms with Crippen molar-refractivity contribution in [3.8, 4) is 0 Å². The molecule has 2 rings (SSSR count). The molecule has 6 heteroatoms. The first-order valence-corrected chi connectivity index (χ1v) is 4.70. The van der Waals surface area contributed by atoms with E-state index in [0.717, 1.165) is 12.3 Å². The molecule has 0 atom stereocenters. The maximum Gasteiger partial charge on any atom is 0.273 e. The van der Waals surface area contributed by atoms with E-state index < -0.39 is 10.4 Å². The molecule has 0 fully saturated rings. The minimum absolute atomic E-state index is 0.102. The van der Waals surface area contributed by atoms with Gasteiger partial charge in [-0.3, -0.25) is 19.7 Å². The fourth-order valence-electron chi connectivity index (χ4n) is 1.63. The van der Waals surface area contributed by atoms with Gasteiger partial charge in [-0.05, 0) is 12.5 Å². The van der Waals surface area contributed by atoms with E-state index in [1.165, 1.54) is 6.07 Å². The largest absolute Gasteiger partial charge is 0.463 e. The van der Waals surface area contributed by atoms with Crippen molar-refractivity contribution in [1.29, 1.82) is 0 Å². The molecule has 6 nitrogen and oxygen atoms in total. The van der Waals surface area contributed by atoms with Gasteiger partial charge in [0.05, 0.1) is 21.9 Å². The molecule has 1 aromatic heterocycles. The number of carbonyl (C=O) groups is 1. The molecular formula is C11H7NO5. The van der Waals surface area contributed by atoms with Crippen molar-refractivity contribution >= 4 is 22.9 Å². The Morgan fingerprint density at radius 3 is 2.71 bits per heavy atom. The van der Waals surface area contributed by atoms with Gasteiger partial charge in [0.15, 0.2) is 6.29 Å². The van der Waals surface area contributed by atoms with E-state index in [0.29, 0.717) is 11.8 Å². The molecule has 1 heterocycles. The summed E-state index contributed by atoms with van der Waals surface area (Å²) in [6.07, 6.45) is 1.40. The smallest absolute Gasteiger partial charge is 0.273 e. The Morgan fingerprint density at radius 2 is 2.12 bits per heavy atom. The second-order valence-corrected chi connectivity index (χ2v) is 3.53. The number of hydrogen-bond acceptors (Lipinski definition) is 5. The topological polar surface area (TPSA) is 90.4 Å². The molecule has 0 aliphatic rings. The van der Waals surface area contributed by atoms with Gasteiger partial charge in [-0.1, -0.05) is 0 Å². The van der Waals surface area contributed by atoms with Crippen LogP contribution in [-0.4, -0.2) is 11.2 Å². The molecule has 0 radical (unpaired) electrons. The normalized spacial score (nSPS) is 10.4. The van der Waals surface area contributed by atoms with Crippen LogP contribution in [0.5, 0.6) is 0 Å². The summed E-state index contributed by atoms with van der Waals surface area (Å²) < 4.78 is 5.05. The third-order valence-corrected chi connectivity index (χ3v) is 2.42. The molecule has 0 aliphatic heterocycles. The molecule has 0 aliphatic carbocycles. The predicted octanol–water partition coefficient (Wildman–Crippen LogP) is 1.82. The van der Waals surface area contributed by atoms with Crippen LogP contribution < -0.4 is 5.43 Å². The van der Waals surface area contributed by atoms with Crippen molar-refractivity contribution in [3.05, 3.63) is 49.9 Å². The zero-order valence-corrected chi connectivity index (χ0v) is 8.80. The summed E-state index contributed by atoms with van der Waals surface area (Å²) in [5.41, 5.74) is -0.223. The Labute approximate surface area is 94.6 Å². The van der Waals surface area contributed by atoms with Crippen LogP contribution in [0.3, 0.4) is 0 Å². The highest BCUT2D eigenvalue weighted by molar-refractivity contribution is 5.87. The molecule has 0 saturated heterocycles. The number of nitrogens with zero attached hydrogens (tertiary/aromatic N) is 1. The molecule has 2 aromatic rings. The van der Waals surface area contributed by atoms with E-state index in [2.05, 4.69) is 0 Å². The Kier molecular flexibility index (Phi) is 2.47. The number of aryl methyl sites for hydroxylation is 1. The molecule has 0 amide bonds. The predicted molar refractivity (Wildman–Crippen MR) is 59.3 cm³/mol. The molecular weight excluding hydrogens is 226 g/mol. The second kappa shape index (κ2) is 3.82. The van der Waals surface area contributed by atoms with E-state index >= 15 is 0 Å². The number of nitro benzene ring substituents is 1. The maximum atomic E-state index is 11.8. The van der Waals surface area contributed by atoms with Crippen molar-refractivity contribution in [1.82, 2.24) is 0 Å². The van der Waals surface area contributed by atoms with Crippen LogP contribution in [0.25, 0.3) is 11.0 Å². The average Bonchev–Trinajstić information content (AvgIpc) is 2.28. The minimum atomic E-state index is -0.569. The van der Waals surface area contributed by atoms with E-state index in [9.17, 15) is 19.7 Å². The Bertz CT molecular complexity index is 686. The van der Waals surface area contributed by atoms with Gasteiger partial charge in [0.1, 0.15) is 11.8 Å². The van der Waals surface area contributed by atoms with Gasteiger partial charge in [0.25, 0.3) is 5.69 Å². The van der Waals surface area contributed by atoms with Crippen LogP contribution in [0.2, 0.25) is 0 Å². The second-order valence-electron chi connectivity index (χ2n) is 3.53. The van der Waals surface area contributed by atoms with Gasteiger partial charge in [0, 0.05) is 6.07 Å². The number of carbonyl (C=O) groups excluding carboxylic acids is 1. The van der Waals surface area contributed by atoms with Crippen molar-refractivity contribution in [2.75, 3.05) is 0 Å². The van der Waals surface area contributed by atoms with Crippen molar-refractivity contribution in [3.63, 3.8) is 0 Å². The van der Waals surface area contributed by atoms with Gasteiger partial charge in [-0.25, -0.2) is 0 Å². The summed E-state index contributed by atoms with van der Waals surface area (Å²) in [5.74, 6) is 0. The zero-order chi connectivity index (χ0) is 12.6. The Hall–Kier alpha value is -2.50. The standard InChI is InChI=1S/C11H7NO5/c1-6-2-8(12(15)16)3-9-10(6)11(14)7(4-13)5-17-9/h2-5H,1H3. The third kappa shape index (κ3) is 1.69. The summed E-state index contributed by atoms with van der Waals surface area (Å²) in [7, 11) is 0. The molecule has 0 spiro atoms. The van der Waals surface area contributed by atoms with Crippen LogP contribution in [-0.2, 0) is 0 Å². The number of fused-ring (bicyclic) bond motifs is 1. The highest BCUT2D eigenvalue weighted by Gasteiger charge is 2.14. The molecule has 86 valence electrons. The van der Waals surface area contributed by atoms with E-state index in [-0.39, 0.29) is 22.2 Å². The van der Waals surface area contributed by atoms with Gasteiger partial charge in [0.2, 0.25) is 5.43 Å². The molecule has 0 saturated carbocycles. The monoisotopic (exact) mass is 233 g/mol. The summed E-state index contributed by atoms with van der Waals surface area (Å²) in [4.78, 5) is 32.5. The van der Waals surface area contributed by atoms with Crippen LogP contribution in [0, 0.1) is 17.0 Å². The summed E-state index contributed by atoms with van der Waals surface area (Å²) >= 11 is 0. The van der Waals surface area contributed by atoms with Crippen LogP contribution in [0.15, 0.2) is 27.6 Å². The van der Waals surface area contributed by atoms with Gasteiger partial charge < -0.3 is 4.42 Å². The lowest BCUT2D eigenvalue weighted by atomic mass is 10.1. The number of non-ortho nitro benzene ring substituents is 1. The first kappa shape index (κ1) is 11.0. The molecule has 0 N–H and O–H groups in total. The van der Waals surface area contributed by atoms with Crippen LogP contribution in [0.1, 0.15) is 15.9 Å². The highest BCUT2D eigenvalue weighted by atomic mass is 16.6. The SMILES string of the molecule is Cc1cc([N+](=O)[O-])cc2occ(C=O)c(=O)c12. The molecule has 0 bridgehead atoms. The van der Waals surface area contributed by atoms with Crippen LogP contribution in [0.4, 0.5) is 5.69 Å². The van der Waals surface area contributed by atoms with Crippen molar-refractivity contribution in [2.24, 2.45) is 0 Å². The zero-order valence-electron chi connectivity index (χ0n) is 8.80. The maximum absolute atomic E-state index is 11.8. The van der Waals surface area contributed by atoms with Crippen LogP contribution >= 0.6 is 0 Å². The van der Waals surface area contributed by atoms with E-state index in [1.54, 1.807) is 6.92 Å². The fraction of sp³-hybridized carbons (Fsp3) is 0.0909. The average molecular weight is 233 g/mol. The molecule has 0 unspecified atom stereocenters. The van der Waals surface area contributed by atoms with E-state index in [1.807, 2.05) is 0 Å². The Balaban J connectivity index is 2.91. The van der Waals surface area contributed by atoms with Gasteiger partial charge >= 0.3 is 0 Å². The van der Waals surface area contributed by atoms with E-state index in [4.69, 9.17) is 4.42 Å². The van der Waals surface area contributed by atoms with Gasteiger partial charge in [-0.15, -0.1) is 0 Å². The summed E-state index contributed by atoms with van der Waals surface area (Å²) in [6.45, 7) is 1.56. The quantitative estimate of drug-likeness (QED) is 0.448. The minimum Gasteiger partial charge on any atom is -0.463 e. The van der Waals surface area contributed by atoms with Crippen molar-refractivity contribution < 1.29 is 14.1 Å². The first-order chi connectivity index (χ1) is 8.04. The number of nitro groups is 1. The lowest BCUT2D eigenvalue weighted by Crippen LogP contribution is -2.09. The lowest BCUT2D eigenvalue weighted by molar-refractivity contribution is -0.384. The number of rotatable bonds is 2. The van der Waals surface area contributed by atoms with Gasteiger partial charge in [-0.2, -0.15) is 0 Å².